The van der Waals surface area contributed by atoms with E-state index >= 15 is 0 Å². The van der Waals surface area contributed by atoms with Crippen LogP contribution < -0.4 is 4.74 Å². The molecule has 0 heterocycles. The van der Waals surface area contributed by atoms with Gasteiger partial charge in [-0.25, -0.2) is 0 Å². The maximum Gasteiger partial charge on any atom is 0.136 e. The van der Waals surface area contributed by atoms with E-state index in [4.69, 9.17) is 13.8 Å². The summed E-state index contributed by atoms with van der Waals surface area (Å²) in [5.41, 5.74) is 6.86. The minimum absolute atomic E-state index is 0.00810. The average Bonchev–Trinajstić information content (AvgIpc) is 2.96. The van der Waals surface area contributed by atoms with E-state index in [9.17, 15) is 0 Å². The Hall–Kier alpha value is -1.76. The van der Waals surface area contributed by atoms with Crippen LogP contribution in [0.3, 0.4) is 0 Å². The molecule has 0 fully saturated rings. The van der Waals surface area contributed by atoms with Crippen molar-refractivity contribution in [2.75, 3.05) is 0 Å². The molecule has 0 saturated heterocycles. The van der Waals surface area contributed by atoms with Gasteiger partial charge in [0.05, 0.1) is 22.0 Å². The van der Waals surface area contributed by atoms with E-state index in [0.717, 1.165) is 12.2 Å². The van der Waals surface area contributed by atoms with Gasteiger partial charge in [-0.05, 0) is 77.2 Å². The predicted molar refractivity (Wildman–Crippen MR) is 171 cm³/mol. The minimum Gasteiger partial charge on any atom is -0.484 e. The number of ether oxygens (including phenoxy) is 1. The summed E-state index contributed by atoms with van der Waals surface area (Å²) in [4.78, 5) is 0. The maximum absolute atomic E-state index is 6.21. The highest BCUT2D eigenvalue weighted by molar-refractivity contribution is 7.33. The van der Waals surface area contributed by atoms with Crippen molar-refractivity contribution < 1.29 is 13.8 Å². The Bertz CT molecular complexity index is 1100. The number of rotatable bonds is 17. The van der Waals surface area contributed by atoms with Gasteiger partial charge in [0.1, 0.15) is 11.6 Å². The van der Waals surface area contributed by atoms with Crippen molar-refractivity contribution in [1.82, 2.24) is 0 Å². The van der Waals surface area contributed by atoms with Crippen LogP contribution in [0.1, 0.15) is 89.8 Å². The monoisotopic (exact) mass is 566 g/mol. The number of hydrogen-bond acceptors (Lipinski definition) is 3. The van der Waals surface area contributed by atoms with Gasteiger partial charge in [0.15, 0.2) is 0 Å². The highest BCUT2D eigenvalue weighted by Gasteiger charge is 2.17. The van der Waals surface area contributed by atoms with Crippen molar-refractivity contribution >= 4 is 17.6 Å². The second kappa shape index (κ2) is 17.1. The first kappa shape index (κ1) is 31.8. The largest absolute Gasteiger partial charge is 0.484 e. The van der Waals surface area contributed by atoms with Gasteiger partial charge in [-0.2, -0.15) is 0 Å². The summed E-state index contributed by atoms with van der Waals surface area (Å²) in [5, 5.41) is 0. The molecule has 0 aliphatic rings. The van der Waals surface area contributed by atoms with Crippen LogP contribution >= 0.6 is 17.6 Å². The van der Waals surface area contributed by atoms with Crippen LogP contribution in [0, 0.1) is 5.92 Å². The van der Waals surface area contributed by atoms with Crippen molar-refractivity contribution in [2.24, 2.45) is 5.92 Å². The van der Waals surface area contributed by atoms with Gasteiger partial charge in [-0.1, -0.05) is 108 Å². The van der Waals surface area contributed by atoms with E-state index < -0.39 is 0 Å². The Morgan fingerprint density at radius 1 is 0.667 bits per heavy atom. The summed E-state index contributed by atoms with van der Waals surface area (Å²) < 4.78 is 18.5. The fraction of sp³-hybridized carbons (Fsp3) is 0.471. The van der Waals surface area contributed by atoms with Gasteiger partial charge in [0, 0.05) is 8.81 Å². The zero-order valence-corrected chi connectivity index (χ0v) is 26.7. The lowest BCUT2D eigenvalue weighted by molar-refractivity contribution is 0.269. The van der Waals surface area contributed by atoms with Gasteiger partial charge >= 0.3 is 0 Å². The third kappa shape index (κ3) is 9.98. The van der Waals surface area contributed by atoms with Gasteiger partial charge in [-0.3, -0.25) is 0 Å². The molecular weight excluding hydrogens is 518 g/mol. The van der Waals surface area contributed by atoms with Crippen LogP contribution in [-0.2, 0) is 22.3 Å². The Balaban J connectivity index is 1.57. The Kier molecular flexibility index (Phi) is 14.0. The molecule has 0 bridgehead atoms. The van der Waals surface area contributed by atoms with Gasteiger partial charge in [0.25, 0.3) is 0 Å². The summed E-state index contributed by atoms with van der Waals surface area (Å²) in [6.07, 6.45) is 4.80. The SMILES string of the molecule is CCCC(c1ccc(OC(C)POCc2ccccc2-c2ccccc2COPC(C)CC)cc1)C(C)CC. The summed E-state index contributed by atoms with van der Waals surface area (Å²) >= 11 is 0. The van der Waals surface area contributed by atoms with Crippen LogP contribution in [0.15, 0.2) is 72.8 Å². The zero-order chi connectivity index (χ0) is 28.0. The molecule has 3 aromatic rings. The van der Waals surface area contributed by atoms with Crippen LogP contribution in [-0.4, -0.2) is 11.5 Å². The molecule has 0 saturated carbocycles. The van der Waals surface area contributed by atoms with Crippen molar-refractivity contribution in [3.8, 4) is 16.9 Å². The molecule has 0 spiro atoms. The Morgan fingerprint density at radius 2 is 1.23 bits per heavy atom. The quantitative estimate of drug-likeness (QED) is 0.152. The molecule has 0 aromatic heterocycles. The molecule has 0 amide bonds. The topological polar surface area (TPSA) is 27.7 Å². The lowest BCUT2D eigenvalue weighted by Crippen LogP contribution is -2.10. The zero-order valence-electron chi connectivity index (χ0n) is 24.7. The van der Waals surface area contributed by atoms with Crippen LogP contribution in [0.25, 0.3) is 11.1 Å². The van der Waals surface area contributed by atoms with E-state index in [0.29, 0.717) is 39.5 Å². The molecule has 3 aromatic carbocycles. The first-order chi connectivity index (χ1) is 19.0. The highest BCUT2D eigenvalue weighted by Crippen LogP contribution is 2.35. The molecular formula is C34H48O3P2. The van der Waals surface area contributed by atoms with E-state index in [-0.39, 0.29) is 14.7 Å². The van der Waals surface area contributed by atoms with Crippen molar-refractivity contribution in [1.29, 1.82) is 0 Å². The Labute approximate surface area is 241 Å². The first-order valence-corrected chi connectivity index (χ1v) is 16.6. The highest BCUT2D eigenvalue weighted by atomic mass is 31.1. The standard InChI is InChI=1S/C34H48O3P2/c1-7-14-32(25(4)8-2)28-19-21-31(22-20-28)37-27(6)39-36-24-30-16-11-13-18-34(30)33-17-12-10-15-29(33)23-35-38-26(5)9-3/h10-13,15-22,25-27,32,38-39H,7-9,14,23-24H2,1-6H3. The third-order valence-electron chi connectivity index (χ3n) is 7.48. The van der Waals surface area contributed by atoms with E-state index in [2.05, 4.69) is 114 Å². The second-order valence-corrected chi connectivity index (χ2v) is 13.4. The van der Waals surface area contributed by atoms with E-state index in [1.807, 2.05) is 0 Å². The fourth-order valence-electron chi connectivity index (χ4n) is 4.80. The van der Waals surface area contributed by atoms with Gasteiger partial charge < -0.3 is 13.8 Å². The molecule has 0 radical (unpaired) electrons. The van der Waals surface area contributed by atoms with Crippen molar-refractivity contribution in [3.05, 3.63) is 89.5 Å². The average molecular weight is 567 g/mol. The molecule has 0 aliphatic carbocycles. The summed E-state index contributed by atoms with van der Waals surface area (Å²) in [5.74, 6) is 2.22. The van der Waals surface area contributed by atoms with Gasteiger partial charge in [-0.15, -0.1) is 0 Å². The summed E-state index contributed by atoms with van der Waals surface area (Å²) in [6, 6.07) is 25.8. The van der Waals surface area contributed by atoms with E-state index in [1.165, 1.54) is 47.1 Å². The molecule has 0 N–H and O–H groups in total. The van der Waals surface area contributed by atoms with E-state index in [1.54, 1.807) is 0 Å². The van der Waals surface area contributed by atoms with Gasteiger partial charge in [0.2, 0.25) is 0 Å². The van der Waals surface area contributed by atoms with Crippen LogP contribution in [0.4, 0.5) is 0 Å². The molecule has 6 unspecified atom stereocenters. The second-order valence-electron chi connectivity index (χ2n) is 10.5. The molecule has 0 aliphatic heterocycles. The van der Waals surface area contributed by atoms with Crippen LogP contribution in [0.2, 0.25) is 0 Å². The lowest BCUT2D eigenvalue weighted by atomic mass is 9.82. The molecule has 6 atom stereocenters. The molecule has 212 valence electrons. The normalized spacial score (nSPS) is 15.1. The smallest absolute Gasteiger partial charge is 0.136 e. The lowest BCUT2D eigenvalue weighted by Gasteiger charge is -2.23. The third-order valence-corrected chi connectivity index (χ3v) is 9.36. The number of hydrogen-bond donors (Lipinski definition) is 0. The van der Waals surface area contributed by atoms with Crippen molar-refractivity contribution in [3.63, 3.8) is 0 Å². The summed E-state index contributed by atoms with van der Waals surface area (Å²) in [6.45, 7) is 14.7. The summed E-state index contributed by atoms with van der Waals surface area (Å²) in [7, 11) is 0.775. The number of benzene rings is 3. The first-order valence-electron chi connectivity index (χ1n) is 14.6. The fourth-order valence-corrected chi connectivity index (χ4v) is 6.14. The van der Waals surface area contributed by atoms with Crippen LogP contribution in [0.5, 0.6) is 5.75 Å². The Morgan fingerprint density at radius 3 is 1.77 bits per heavy atom. The minimum atomic E-state index is -0.00810. The van der Waals surface area contributed by atoms with Crippen molar-refractivity contribution in [2.45, 2.75) is 97.9 Å². The molecule has 39 heavy (non-hydrogen) atoms. The predicted octanol–water partition coefficient (Wildman–Crippen LogP) is 10.7. The maximum atomic E-state index is 6.21. The molecule has 5 heteroatoms. The molecule has 3 rings (SSSR count). The molecule has 3 nitrogen and oxygen atoms in total.